The molecule has 0 saturated carbocycles. The highest BCUT2D eigenvalue weighted by Gasteiger charge is 2.31. The molecule has 5 rings (SSSR count). The molecule has 4 heterocycles. The third-order valence-electron chi connectivity index (χ3n) is 5.26. The third-order valence-corrected chi connectivity index (χ3v) is 6.82. The molecule has 1 aromatic carbocycles. The number of furan rings is 1. The van der Waals surface area contributed by atoms with Crippen LogP contribution in [0.25, 0.3) is 16.5 Å². The Morgan fingerprint density at radius 3 is 2.69 bits per heavy atom. The molecule has 0 amide bonds. The van der Waals surface area contributed by atoms with E-state index in [1.807, 2.05) is 18.2 Å². The van der Waals surface area contributed by atoms with E-state index in [0.29, 0.717) is 16.5 Å². The second-order valence-electron chi connectivity index (χ2n) is 7.19. The zero-order chi connectivity index (χ0) is 20.0. The van der Waals surface area contributed by atoms with Crippen molar-refractivity contribution in [1.82, 2.24) is 24.4 Å². The van der Waals surface area contributed by atoms with Crippen LogP contribution in [0, 0.1) is 0 Å². The lowest BCUT2D eigenvalue weighted by molar-refractivity contribution is 0.127. The van der Waals surface area contributed by atoms with Crippen LogP contribution < -0.4 is 0 Å². The number of aromatic hydroxyl groups is 1. The van der Waals surface area contributed by atoms with Crippen molar-refractivity contribution in [2.24, 2.45) is 0 Å². The number of halogens is 1. The van der Waals surface area contributed by atoms with Gasteiger partial charge in [0.15, 0.2) is 5.76 Å². The van der Waals surface area contributed by atoms with Gasteiger partial charge >= 0.3 is 0 Å². The first kappa shape index (κ1) is 18.8. The molecule has 1 aliphatic rings. The van der Waals surface area contributed by atoms with Crippen molar-refractivity contribution in [3.8, 4) is 17.5 Å². The Labute approximate surface area is 180 Å². The smallest absolute Gasteiger partial charge is 0.230 e. The molecule has 7 nitrogen and oxygen atoms in total. The molecule has 1 saturated heterocycles. The van der Waals surface area contributed by atoms with Gasteiger partial charge in [-0.25, -0.2) is 0 Å². The Balaban J connectivity index is 1.59. The van der Waals surface area contributed by atoms with Gasteiger partial charge in [0, 0.05) is 30.7 Å². The van der Waals surface area contributed by atoms with Crippen molar-refractivity contribution < 1.29 is 9.52 Å². The Hall–Kier alpha value is -2.20. The Kier molecular flexibility index (Phi) is 4.91. The van der Waals surface area contributed by atoms with Crippen LogP contribution in [0.1, 0.15) is 16.5 Å². The number of fused-ring (bicyclic) bond motifs is 1. The molecule has 1 fully saturated rings. The lowest BCUT2D eigenvalue weighted by Crippen LogP contribution is -2.46. The Morgan fingerprint density at radius 1 is 1.17 bits per heavy atom. The number of likely N-dealkylation sites (N-methyl/N-ethyl adjacent to an activating group) is 1. The molecule has 3 aromatic heterocycles. The summed E-state index contributed by atoms with van der Waals surface area (Å²) >= 11 is 5.06. The van der Waals surface area contributed by atoms with Gasteiger partial charge in [-0.15, -0.1) is 5.10 Å². The summed E-state index contributed by atoms with van der Waals surface area (Å²) in [7, 11) is 2.14. The number of thiazole rings is 1. The fourth-order valence-electron chi connectivity index (χ4n) is 3.72. The molecule has 1 N–H and O–H groups in total. The van der Waals surface area contributed by atoms with E-state index in [0.717, 1.165) is 41.1 Å². The highest BCUT2D eigenvalue weighted by molar-refractivity contribution is 9.10. The van der Waals surface area contributed by atoms with Crippen molar-refractivity contribution in [2.75, 3.05) is 33.2 Å². The minimum Gasteiger partial charge on any atom is -0.492 e. The van der Waals surface area contributed by atoms with E-state index in [-0.39, 0.29) is 11.9 Å². The summed E-state index contributed by atoms with van der Waals surface area (Å²) in [5, 5.41) is 15.5. The zero-order valence-corrected chi connectivity index (χ0v) is 18.2. The van der Waals surface area contributed by atoms with Crippen LogP contribution in [-0.2, 0) is 0 Å². The van der Waals surface area contributed by atoms with Gasteiger partial charge in [-0.3, -0.25) is 4.90 Å². The average Bonchev–Trinajstić information content (AvgIpc) is 3.43. The fourth-order valence-corrected chi connectivity index (χ4v) is 5.26. The summed E-state index contributed by atoms with van der Waals surface area (Å²) in [5.74, 6) is 1.20. The number of nitrogens with zero attached hydrogens (tertiary/aromatic N) is 5. The van der Waals surface area contributed by atoms with Crippen LogP contribution in [-0.4, -0.2) is 62.7 Å². The van der Waals surface area contributed by atoms with E-state index in [1.165, 1.54) is 15.9 Å². The summed E-state index contributed by atoms with van der Waals surface area (Å²) in [6.45, 7) is 3.85. The highest BCUT2D eigenvalue weighted by Crippen LogP contribution is 2.41. The predicted molar refractivity (Wildman–Crippen MR) is 115 cm³/mol. The van der Waals surface area contributed by atoms with E-state index in [1.54, 1.807) is 12.3 Å². The molecule has 9 heteroatoms. The Morgan fingerprint density at radius 2 is 2.00 bits per heavy atom. The molecule has 1 aliphatic heterocycles. The molecular formula is C20H20BrN5O2S. The van der Waals surface area contributed by atoms with Crippen LogP contribution in [0.15, 0.2) is 51.6 Å². The first-order valence-corrected chi connectivity index (χ1v) is 11.0. The SMILES string of the molecule is CN1CCN(C(c2cccc(Br)c2)c2sc3nc(-c4ccco4)nn3c2O)CC1. The normalized spacial score (nSPS) is 17.2. The van der Waals surface area contributed by atoms with E-state index < -0.39 is 0 Å². The standard InChI is InChI=1S/C20H20BrN5O2S/c1-24-7-9-25(10-8-24)16(13-4-2-5-14(21)12-13)17-19(27)26-20(29-17)22-18(23-26)15-6-3-11-28-15/h2-6,11-12,16,27H,7-10H2,1H3. The number of hydrogen-bond acceptors (Lipinski definition) is 7. The molecule has 0 radical (unpaired) electrons. The third kappa shape index (κ3) is 3.48. The Bertz CT molecular complexity index is 1130. The minimum atomic E-state index is -0.0539. The van der Waals surface area contributed by atoms with Crippen LogP contribution in [0.3, 0.4) is 0 Å². The topological polar surface area (TPSA) is 70.0 Å². The van der Waals surface area contributed by atoms with Gasteiger partial charge in [-0.1, -0.05) is 39.4 Å². The quantitative estimate of drug-likeness (QED) is 0.485. The van der Waals surface area contributed by atoms with Gasteiger partial charge in [0.05, 0.1) is 17.2 Å². The van der Waals surface area contributed by atoms with Gasteiger partial charge < -0.3 is 14.4 Å². The molecular weight excluding hydrogens is 454 g/mol. The lowest BCUT2D eigenvalue weighted by Gasteiger charge is -2.37. The maximum absolute atomic E-state index is 11.1. The zero-order valence-electron chi connectivity index (χ0n) is 15.8. The molecule has 0 bridgehead atoms. The maximum atomic E-state index is 11.1. The van der Waals surface area contributed by atoms with E-state index in [4.69, 9.17) is 4.42 Å². The molecule has 0 aliphatic carbocycles. The number of benzene rings is 1. The number of piperazine rings is 1. The maximum Gasteiger partial charge on any atom is 0.230 e. The van der Waals surface area contributed by atoms with Crippen LogP contribution in [0.5, 0.6) is 5.88 Å². The fraction of sp³-hybridized carbons (Fsp3) is 0.300. The second-order valence-corrected chi connectivity index (χ2v) is 9.12. The van der Waals surface area contributed by atoms with Crippen molar-refractivity contribution in [2.45, 2.75) is 6.04 Å². The first-order valence-electron chi connectivity index (χ1n) is 9.40. The number of hydrogen-bond donors (Lipinski definition) is 1. The summed E-state index contributed by atoms with van der Waals surface area (Å²) < 4.78 is 7.92. The number of rotatable bonds is 4. The summed E-state index contributed by atoms with van der Waals surface area (Å²) in [6, 6.07) is 11.8. The second kappa shape index (κ2) is 7.56. The lowest BCUT2D eigenvalue weighted by atomic mass is 10.0. The monoisotopic (exact) mass is 473 g/mol. The molecule has 4 aromatic rings. The van der Waals surface area contributed by atoms with Crippen molar-refractivity contribution in [3.63, 3.8) is 0 Å². The van der Waals surface area contributed by atoms with E-state index in [2.05, 4.69) is 55.0 Å². The average molecular weight is 474 g/mol. The van der Waals surface area contributed by atoms with E-state index >= 15 is 0 Å². The van der Waals surface area contributed by atoms with Crippen molar-refractivity contribution in [1.29, 1.82) is 0 Å². The number of aromatic nitrogens is 3. The summed E-state index contributed by atoms with van der Waals surface area (Å²) in [4.78, 5) is 10.8. The van der Waals surface area contributed by atoms with Gasteiger partial charge in [-0.2, -0.15) is 9.50 Å². The summed E-state index contributed by atoms with van der Waals surface area (Å²) in [6.07, 6.45) is 1.59. The van der Waals surface area contributed by atoms with Crippen molar-refractivity contribution >= 4 is 32.2 Å². The van der Waals surface area contributed by atoms with Crippen LogP contribution in [0.2, 0.25) is 0 Å². The van der Waals surface area contributed by atoms with Gasteiger partial charge in [0.1, 0.15) is 0 Å². The largest absolute Gasteiger partial charge is 0.492 e. The molecule has 1 unspecified atom stereocenters. The van der Waals surface area contributed by atoms with Gasteiger partial charge in [-0.05, 0) is 36.9 Å². The summed E-state index contributed by atoms with van der Waals surface area (Å²) in [5.41, 5.74) is 1.13. The van der Waals surface area contributed by atoms with E-state index in [9.17, 15) is 5.11 Å². The highest BCUT2D eigenvalue weighted by atomic mass is 79.9. The predicted octanol–water partition coefficient (Wildman–Crippen LogP) is 3.86. The molecule has 150 valence electrons. The molecule has 1 atom stereocenters. The van der Waals surface area contributed by atoms with Gasteiger partial charge in [0.25, 0.3) is 0 Å². The molecule has 0 spiro atoms. The van der Waals surface area contributed by atoms with Crippen LogP contribution in [0.4, 0.5) is 0 Å². The van der Waals surface area contributed by atoms with Crippen LogP contribution >= 0.6 is 27.3 Å². The first-order chi connectivity index (χ1) is 14.1. The minimum absolute atomic E-state index is 0.0539. The van der Waals surface area contributed by atoms with Crippen molar-refractivity contribution in [3.05, 3.63) is 57.6 Å². The van der Waals surface area contributed by atoms with Gasteiger partial charge in [0.2, 0.25) is 16.7 Å². The molecule has 29 heavy (non-hydrogen) atoms.